The number of rotatable bonds is 2. The number of phenols is 1. The first-order valence-corrected chi connectivity index (χ1v) is 6.17. The van der Waals surface area contributed by atoms with Crippen molar-refractivity contribution in [2.75, 3.05) is 5.73 Å². The smallest absolute Gasteiger partial charge is 0.154 e. The Morgan fingerprint density at radius 1 is 1.05 bits per heavy atom. The Morgan fingerprint density at radius 3 is 2.50 bits per heavy atom. The highest BCUT2D eigenvalue weighted by Crippen LogP contribution is 2.34. The number of benzene rings is 2. The summed E-state index contributed by atoms with van der Waals surface area (Å²) < 4.78 is 0. The summed E-state index contributed by atoms with van der Waals surface area (Å²) in [5.41, 5.74) is 7.92. The van der Waals surface area contributed by atoms with Gasteiger partial charge in [-0.05, 0) is 17.7 Å². The summed E-state index contributed by atoms with van der Waals surface area (Å²) in [7, 11) is 0. The molecule has 1 heterocycles. The summed E-state index contributed by atoms with van der Waals surface area (Å²) in [5, 5.41) is 19.9. The lowest BCUT2D eigenvalue weighted by Gasteiger charge is -2.09. The number of nitrogens with zero attached hydrogens (tertiary/aromatic N) is 2. The average Bonchev–Trinajstić information content (AvgIpc) is 2.48. The molecule has 0 saturated heterocycles. The molecule has 4 heteroatoms. The monoisotopic (exact) mass is 263 g/mol. The van der Waals surface area contributed by atoms with E-state index in [1.54, 1.807) is 18.2 Å². The number of hydrogen-bond acceptors (Lipinski definition) is 4. The maximum atomic E-state index is 10.2. The Morgan fingerprint density at radius 2 is 1.80 bits per heavy atom. The number of aromatic hydroxyl groups is 1. The molecule has 20 heavy (non-hydrogen) atoms. The van der Waals surface area contributed by atoms with Gasteiger partial charge in [0.25, 0.3) is 0 Å². The third-order valence-electron chi connectivity index (χ3n) is 3.23. The SMILES string of the molecule is C=Cc1ccc(-c2nnc(N)c3ccccc23)c(O)c1. The standard InChI is InChI=1S/C16H13N3O/c1-2-10-7-8-13(14(20)9-10)15-11-5-3-4-6-12(11)16(17)19-18-15/h2-9,20H,1H2,(H2,17,19). The molecule has 1 aromatic heterocycles. The molecule has 0 saturated carbocycles. The molecule has 0 spiro atoms. The molecule has 0 bridgehead atoms. The second-order valence-corrected chi connectivity index (χ2v) is 4.46. The molecule has 0 aliphatic heterocycles. The van der Waals surface area contributed by atoms with Crippen LogP contribution in [-0.2, 0) is 0 Å². The van der Waals surface area contributed by atoms with E-state index in [0.29, 0.717) is 17.1 Å². The Bertz CT molecular complexity index is 812. The first kappa shape index (κ1) is 12.2. The summed E-state index contributed by atoms with van der Waals surface area (Å²) >= 11 is 0. The Labute approximate surface area is 116 Å². The van der Waals surface area contributed by atoms with Crippen LogP contribution in [0, 0.1) is 0 Å². The van der Waals surface area contributed by atoms with Crippen molar-refractivity contribution in [2.24, 2.45) is 0 Å². The predicted octanol–water partition coefficient (Wildman–Crippen LogP) is 3.23. The molecular weight excluding hydrogens is 250 g/mol. The van der Waals surface area contributed by atoms with Crippen molar-refractivity contribution in [3.8, 4) is 17.0 Å². The first-order valence-electron chi connectivity index (χ1n) is 6.17. The summed E-state index contributed by atoms with van der Waals surface area (Å²) in [6, 6.07) is 12.9. The third kappa shape index (κ3) is 1.87. The number of phenolic OH excluding ortho intramolecular Hbond substituents is 1. The van der Waals surface area contributed by atoms with E-state index in [9.17, 15) is 5.11 Å². The molecule has 0 aliphatic rings. The predicted molar refractivity (Wildman–Crippen MR) is 81.1 cm³/mol. The fourth-order valence-electron chi connectivity index (χ4n) is 2.20. The molecule has 0 radical (unpaired) electrons. The van der Waals surface area contributed by atoms with Crippen LogP contribution in [0.4, 0.5) is 5.82 Å². The van der Waals surface area contributed by atoms with E-state index in [4.69, 9.17) is 5.73 Å². The quantitative estimate of drug-likeness (QED) is 0.744. The van der Waals surface area contributed by atoms with Gasteiger partial charge in [0.2, 0.25) is 0 Å². The minimum Gasteiger partial charge on any atom is -0.507 e. The van der Waals surface area contributed by atoms with E-state index in [1.807, 2.05) is 30.3 Å². The first-order chi connectivity index (χ1) is 9.70. The van der Waals surface area contributed by atoms with Crippen molar-refractivity contribution in [1.29, 1.82) is 0 Å². The fourth-order valence-corrected chi connectivity index (χ4v) is 2.20. The number of hydrogen-bond donors (Lipinski definition) is 2. The van der Waals surface area contributed by atoms with Gasteiger partial charge in [0, 0.05) is 16.3 Å². The zero-order valence-corrected chi connectivity index (χ0v) is 10.7. The molecule has 3 rings (SSSR count). The molecule has 0 amide bonds. The Balaban J connectivity index is 2.30. The van der Waals surface area contributed by atoms with Gasteiger partial charge < -0.3 is 10.8 Å². The average molecular weight is 263 g/mol. The van der Waals surface area contributed by atoms with Crippen LogP contribution >= 0.6 is 0 Å². The highest BCUT2D eigenvalue weighted by atomic mass is 16.3. The van der Waals surface area contributed by atoms with Crippen LogP contribution in [-0.4, -0.2) is 15.3 Å². The largest absolute Gasteiger partial charge is 0.507 e. The van der Waals surface area contributed by atoms with Crippen molar-refractivity contribution in [3.05, 3.63) is 54.6 Å². The minimum atomic E-state index is 0.145. The van der Waals surface area contributed by atoms with E-state index in [1.165, 1.54) is 0 Å². The van der Waals surface area contributed by atoms with Crippen LogP contribution in [0.15, 0.2) is 49.0 Å². The molecule has 0 aliphatic carbocycles. The molecule has 3 aromatic rings. The number of fused-ring (bicyclic) bond motifs is 1. The van der Waals surface area contributed by atoms with E-state index < -0.39 is 0 Å². The molecular formula is C16H13N3O. The van der Waals surface area contributed by atoms with Gasteiger partial charge in [-0.15, -0.1) is 10.2 Å². The van der Waals surface area contributed by atoms with Gasteiger partial charge in [-0.25, -0.2) is 0 Å². The van der Waals surface area contributed by atoms with Crippen LogP contribution in [0.2, 0.25) is 0 Å². The molecule has 3 N–H and O–H groups in total. The van der Waals surface area contributed by atoms with Crippen LogP contribution < -0.4 is 5.73 Å². The van der Waals surface area contributed by atoms with E-state index >= 15 is 0 Å². The number of aromatic nitrogens is 2. The summed E-state index contributed by atoms with van der Waals surface area (Å²) in [6.45, 7) is 3.68. The highest BCUT2D eigenvalue weighted by molar-refractivity contribution is 6.00. The van der Waals surface area contributed by atoms with Crippen molar-refractivity contribution in [2.45, 2.75) is 0 Å². The minimum absolute atomic E-state index is 0.145. The number of anilines is 1. The van der Waals surface area contributed by atoms with Crippen LogP contribution in [0.3, 0.4) is 0 Å². The highest BCUT2D eigenvalue weighted by Gasteiger charge is 2.12. The lowest BCUT2D eigenvalue weighted by molar-refractivity contribution is 0.477. The fraction of sp³-hybridized carbons (Fsp3) is 0. The normalized spacial score (nSPS) is 10.6. The maximum absolute atomic E-state index is 10.2. The summed E-state index contributed by atoms with van der Waals surface area (Å²) in [5.74, 6) is 0.526. The topological polar surface area (TPSA) is 72.0 Å². The molecule has 0 unspecified atom stereocenters. The molecule has 98 valence electrons. The molecule has 0 fully saturated rings. The summed E-state index contributed by atoms with van der Waals surface area (Å²) in [6.07, 6.45) is 1.68. The number of nitrogen functional groups attached to an aromatic ring is 1. The lowest BCUT2D eigenvalue weighted by Crippen LogP contribution is -1.97. The van der Waals surface area contributed by atoms with Gasteiger partial charge in [-0.3, -0.25) is 0 Å². The molecule has 4 nitrogen and oxygen atoms in total. The van der Waals surface area contributed by atoms with Crippen molar-refractivity contribution >= 4 is 22.7 Å². The van der Waals surface area contributed by atoms with Gasteiger partial charge in [0.15, 0.2) is 5.82 Å². The molecule has 0 atom stereocenters. The second kappa shape index (κ2) is 4.66. The maximum Gasteiger partial charge on any atom is 0.154 e. The molecule has 2 aromatic carbocycles. The Kier molecular flexibility index (Phi) is 2.84. The zero-order valence-electron chi connectivity index (χ0n) is 10.7. The van der Waals surface area contributed by atoms with E-state index in [0.717, 1.165) is 16.3 Å². The van der Waals surface area contributed by atoms with Crippen LogP contribution in [0.1, 0.15) is 5.56 Å². The van der Waals surface area contributed by atoms with Gasteiger partial charge in [-0.2, -0.15) is 0 Å². The van der Waals surface area contributed by atoms with E-state index in [-0.39, 0.29) is 5.75 Å². The summed E-state index contributed by atoms with van der Waals surface area (Å²) in [4.78, 5) is 0. The third-order valence-corrected chi connectivity index (χ3v) is 3.23. The van der Waals surface area contributed by atoms with Gasteiger partial charge in [0.1, 0.15) is 11.4 Å². The number of nitrogens with two attached hydrogens (primary N) is 1. The van der Waals surface area contributed by atoms with Gasteiger partial charge >= 0.3 is 0 Å². The van der Waals surface area contributed by atoms with Crippen molar-refractivity contribution < 1.29 is 5.11 Å². The van der Waals surface area contributed by atoms with Gasteiger partial charge in [-0.1, -0.05) is 43.0 Å². The zero-order chi connectivity index (χ0) is 14.1. The second-order valence-electron chi connectivity index (χ2n) is 4.46. The van der Waals surface area contributed by atoms with Crippen molar-refractivity contribution in [1.82, 2.24) is 10.2 Å². The van der Waals surface area contributed by atoms with Crippen LogP contribution in [0.25, 0.3) is 28.1 Å². The van der Waals surface area contributed by atoms with Crippen LogP contribution in [0.5, 0.6) is 5.75 Å². The lowest BCUT2D eigenvalue weighted by atomic mass is 10.0. The van der Waals surface area contributed by atoms with Crippen molar-refractivity contribution in [3.63, 3.8) is 0 Å². The van der Waals surface area contributed by atoms with Gasteiger partial charge in [0.05, 0.1) is 0 Å². The Hall–Kier alpha value is -2.88. The van der Waals surface area contributed by atoms with E-state index in [2.05, 4.69) is 16.8 Å².